The third-order valence-electron chi connectivity index (χ3n) is 4.17. The number of aliphatic hydroxyl groups is 2. The molecule has 2 atom stereocenters. The fraction of sp³-hybridized carbons (Fsp3) is 1.00. The number of hydrogen-bond acceptors (Lipinski definition) is 2. The van der Waals surface area contributed by atoms with Gasteiger partial charge in [-0.25, -0.2) is 8.78 Å². The van der Waals surface area contributed by atoms with Crippen LogP contribution in [0.2, 0.25) is 0 Å². The van der Waals surface area contributed by atoms with Gasteiger partial charge in [-0.3, -0.25) is 4.39 Å². The quantitative estimate of drug-likeness (QED) is 0.348. The predicted octanol–water partition coefficient (Wildman–Crippen LogP) is 5.40. The lowest BCUT2D eigenvalue weighted by Gasteiger charge is -2.15. The zero-order chi connectivity index (χ0) is 17.3. The van der Waals surface area contributed by atoms with Gasteiger partial charge in [-0.2, -0.15) is 0 Å². The van der Waals surface area contributed by atoms with Gasteiger partial charge in [-0.1, -0.05) is 64.2 Å². The van der Waals surface area contributed by atoms with E-state index in [1.165, 1.54) is 32.1 Å². The molecule has 2 unspecified atom stereocenters. The highest BCUT2D eigenvalue weighted by atomic mass is 19.3. The predicted molar refractivity (Wildman–Crippen MR) is 88.6 cm³/mol. The fourth-order valence-corrected chi connectivity index (χ4v) is 2.80. The summed E-state index contributed by atoms with van der Waals surface area (Å²) in [5.74, 6) is 0. The average molecular weight is 340 g/mol. The highest BCUT2D eigenvalue weighted by Gasteiger charge is 2.16. The van der Waals surface area contributed by atoms with Crippen LogP contribution >= 0.6 is 0 Å². The van der Waals surface area contributed by atoms with Crippen molar-refractivity contribution in [1.29, 1.82) is 0 Å². The first-order chi connectivity index (χ1) is 11.1. The molecule has 0 bridgehead atoms. The summed E-state index contributed by atoms with van der Waals surface area (Å²) < 4.78 is 35.9. The van der Waals surface area contributed by atoms with E-state index < -0.39 is 25.1 Å². The number of alkyl halides is 3. The van der Waals surface area contributed by atoms with Crippen LogP contribution in [0, 0.1) is 0 Å². The second-order valence-electron chi connectivity index (χ2n) is 6.54. The van der Waals surface area contributed by atoms with Crippen LogP contribution in [-0.4, -0.2) is 35.5 Å². The second-order valence-corrected chi connectivity index (χ2v) is 6.54. The van der Waals surface area contributed by atoms with Crippen LogP contribution in [0.5, 0.6) is 0 Å². The molecule has 0 rings (SSSR count). The van der Waals surface area contributed by atoms with Gasteiger partial charge in [0.15, 0.2) is 0 Å². The van der Waals surface area contributed by atoms with Crippen molar-refractivity contribution in [1.82, 2.24) is 0 Å². The lowest BCUT2D eigenvalue weighted by molar-refractivity contribution is 0.0255. The molecule has 0 aliphatic carbocycles. The summed E-state index contributed by atoms with van der Waals surface area (Å²) in [6, 6.07) is 0. The Kier molecular flexibility index (Phi) is 16.4. The zero-order valence-corrected chi connectivity index (χ0v) is 14.4. The molecule has 0 aromatic heterocycles. The van der Waals surface area contributed by atoms with Gasteiger partial charge in [0.05, 0.1) is 18.9 Å². The molecule has 0 fully saturated rings. The highest BCUT2D eigenvalue weighted by Crippen LogP contribution is 2.15. The van der Waals surface area contributed by atoms with E-state index >= 15 is 0 Å². The van der Waals surface area contributed by atoms with Crippen LogP contribution in [-0.2, 0) is 0 Å². The Hall–Kier alpha value is -0.290. The van der Waals surface area contributed by atoms with Crippen LogP contribution in [0.4, 0.5) is 13.2 Å². The summed E-state index contributed by atoms with van der Waals surface area (Å²) in [7, 11) is 0. The normalized spacial score (nSPS) is 14.3. The van der Waals surface area contributed by atoms with Gasteiger partial charge in [-0.15, -0.1) is 0 Å². The van der Waals surface area contributed by atoms with Crippen LogP contribution < -0.4 is 0 Å². The Balaban J connectivity index is 3.23. The SMILES string of the molecule is OC(CCCCCCCCCCCCCF)CC(O)CC(F)F. The standard InChI is InChI=1S/C18H35F3O2/c19-13-11-9-7-5-3-1-2-4-6-8-10-12-16(22)14-17(23)15-18(20)21/h16-18,22-23H,1-15H2. The maximum atomic E-state index is 12.0. The van der Waals surface area contributed by atoms with Gasteiger partial charge < -0.3 is 10.2 Å². The van der Waals surface area contributed by atoms with Crippen molar-refractivity contribution in [2.24, 2.45) is 0 Å². The van der Waals surface area contributed by atoms with Gasteiger partial charge >= 0.3 is 0 Å². The van der Waals surface area contributed by atoms with Crippen LogP contribution in [0.25, 0.3) is 0 Å². The van der Waals surface area contributed by atoms with Crippen molar-refractivity contribution in [3.8, 4) is 0 Å². The molecule has 0 heterocycles. The van der Waals surface area contributed by atoms with Gasteiger partial charge in [-0.05, 0) is 19.3 Å². The monoisotopic (exact) mass is 340 g/mol. The Morgan fingerprint density at radius 1 is 0.565 bits per heavy atom. The van der Waals surface area contributed by atoms with Gasteiger partial charge in [0, 0.05) is 6.42 Å². The van der Waals surface area contributed by atoms with E-state index in [4.69, 9.17) is 0 Å². The van der Waals surface area contributed by atoms with E-state index in [9.17, 15) is 23.4 Å². The van der Waals surface area contributed by atoms with Crippen molar-refractivity contribution in [3.63, 3.8) is 0 Å². The molecule has 0 saturated heterocycles. The minimum atomic E-state index is -2.51. The summed E-state index contributed by atoms with van der Waals surface area (Å²) in [5, 5.41) is 19.0. The summed E-state index contributed by atoms with van der Waals surface area (Å²) in [6.07, 6.45) is 7.76. The number of halogens is 3. The van der Waals surface area contributed by atoms with Crippen LogP contribution in [0.3, 0.4) is 0 Å². The molecule has 5 heteroatoms. The number of hydrogen-bond donors (Lipinski definition) is 2. The molecule has 0 amide bonds. The van der Waals surface area contributed by atoms with E-state index in [1.54, 1.807) is 0 Å². The fourth-order valence-electron chi connectivity index (χ4n) is 2.80. The molecular formula is C18H35F3O2. The van der Waals surface area contributed by atoms with Crippen molar-refractivity contribution >= 4 is 0 Å². The topological polar surface area (TPSA) is 40.5 Å². The lowest BCUT2D eigenvalue weighted by atomic mass is 10.0. The number of rotatable bonds is 17. The zero-order valence-electron chi connectivity index (χ0n) is 14.4. The van der Waals surface area contributed by atoms with Crippen molar-refractivity contribution in [3.05, 3.63) is 0 Å². The minimum absolute atomic E-state index is 0.0484. The van der Waals surface area contributed by atoms with Crippen molar-refractivity contribution < 1.29 is 23.4 Å². The minimum Gasteiger partial charge on any atom is -0.393 e. The maximum Gasteiger partial charge on any atom is 0.241 e. The van der Waals surface area contributed by atoms with Gasteiger partial charge in [0.25, 0.3) is 0 Å². The molecule has 0 aromatic rings. The molecule has 2 nitrogen and oxygen atoms in total. The first-order valence-electron chi connectivity index (χ1n) is 9.26. The van der Waals surface area contributed by atoms with Gasteiger partial charge in [0.1, 0.15) is 0 Å². The smallest absolute Gasteiger partial charge is 0.241 e. The van der Waals surface area contributed by atoms with E-state index in [0.29, 0.717) is 12.8 Å². The summed E-state index contributed by atoms with van der Waals surface area (Å²) in [4.78, 5) is 0. The third-order valence-corrected chi connectivity index (χ3v) is 4.17. The lowest BCUT2D eigenvalue weighted by Crippen LogP contribution is -2.19. The molecule has 0 aliphatic heterocycles. The third kappa shape index (κ3) is 17.9. The first kappa shape index (κ1) is 22.7. The van der Waals surface area contributed by atoms with E-state index in [-0.39, 0.29) is 13.1 Å². The van der Waals surface area contributed by atoms with Crippen molar-refractivity contribution in [2.75, 3.05) is 6.67 Å². The summed E-state index contributed by atoms with van der Waals surface area (Å²) >= 11 is 0. The first-order valence-corrected chi connectivity index (χ1v) is 9.26. The average Bonchev–Trinajstić information content (AvgIpc) is 2.47. The van der Waals surface area contributed by atoms with E-state index in [1.807, 2.05) is 0 Å². The molecule has 0 radical (unpaired) electrons. The molecule has 2 N–H and O–H groups in total. The number of unbranched alkanes of at least 4 members (excludes halogenated alkanes) is 10. The molecule has 0 aliphatic rings. The van der Waals surface area contributed by atoms with E-state index in [0.717, 1.165) is 32.1 Å². The molecule has 140 valence electrons. The van der Waals surface area contributed by atoms with Gasteiger partial charge in [0.2, 0.25) is 6.43 Å². The Labute approximate surface area is 139 Å². The molecule has 0 spiro atoms. The largest absolute Gasteiger partial charge is 0.393 e. The van der Waals surface area contributed by atoms with E-state index in [2.05, 4.69) is 0 Å². The Morgan fingerprint density at radius 2 is 1.00 bits per heavy atom. The second kappa shape index (κ2) is 16.6. The van der Waals surface area contributed by atoms with Crippen LogP contribution in [0.15, 0.2) is 0 Å². The molecule has 23 heavy (non-hydrogen) atoms. The molecular weight excluding hydrogens is 305 g/mol. The van der Waals surface area contributed by atoms with Crippen molar-refractivity contribution in [2.45, 2.75) is 109 Å². The number of aliphatic hydroxyl groups excluding tert-OH is 2. The maximum absolute atomic E-state index is 12.0. The van der Waals surface area contributed by atoms with Crippen LogP contribution in [0.1, 0.15) is 89.9 Å². The Bertz CT molecular complexity index is 240. The Morgan fingerprint density at radius 3 is 1.43 bits per heavy atom. The summed E-state index contributed by atoms with van der Waals surface area (Å²) in [6.45, 7) is -0.195. The molecule has 0 saturated carbocycles. The summed E-state index contributed by atoms with van der Waals surface area (Å²) in [5.41, 5.74) is 0. The molecule has 0 aromatic carbocycles. The highest BCUT2D eigenvalue weighted by molar-refractivity contribution is 4.65.